The molecule has 2 aromatic rings. The Morgan fingerprint density at radius 1 is 1.32 bits per heavy atom. The second-order valence-electron chi connectivity index (χ2n) is 5.40. The summed E-state index contributed by atoms with van der Waals surface area (Å²) in [6.07, 6.45) is 0. The average Bonchev–Trinajstić information content (AvgIpc) is 2.73. The van der Waals surface area contributed by atoms with Crippen molar-refractivity contribution in [2.75, 3.05) is 5.73 Å². The Morgan fingerprint density at radius 3 is 2.63 bits per heavy atom. The van der Waals surface area contributed by atoms with Crippen molar-refractivity contribution in [2.45, 2.75) is 36.8 Å². The molecule has 0 bridgehead atoms. The lowest BCUT2D eigenvalue weighted by molar-refractivity contribution is 0.584. The highest BCUT2D eigenvalue weighted by molar-refractivity contribution is 7.98. The van der Waals surface area contributed by atoms with Gasteiger partial charge in [0.2, 0.25) is 0 Å². The van der Waals surface area contributed by atoms with Crippen molar-refractivity contribution < 1.29 is 4.39 Å². The van der Waals surface area contributed by atoms with E-state index in [0.717, 1.165) is 21.3 Å². The van der Waals surface area contributed by atoms with Crippen molar-refractivity contribution in [3.8, 4) is 0 Å². The van der Waals surface area contributed by atoms with Gasteiger partial charge in [-0.2, -0.15) is 0 Å². The van der Waals surface area contributed by atoms with Crippen molar-refractivity contribution in [1.29, 1.82) is 0 Å². The number of hydrogen-bond donors (Lipinski definition) is 1. The third kappa shape index (κ3) is 3.94. The summed E-state index contributed by atoms with van der Waals surface area (Å²) in [5.74, 6) is 0.436. The number of aromatic nitrogens is 1. The van der Waals surface area contributed by atoms with Crippen LogP contribution >= 0.6 is 23.1 Å². The van der Waals surface area contributed by atoms with Crippen molar-refractivity contribution in [3.63, 3.8) is 0 Å². The number of nitrogens with two attached hydrogens (primary N) is 1. The van der Waals surface area contributed by atoms with E-state index < -0.39 is 0 Å². The van der Waals surface area contributed by atoms with Gasteiger partial charge >= 0.3 is 0 Å². The van der Waals surface area contributed by atoms with Crippen molar-refractivity contribution in [1.82, 2.24) is 4.98 Å². The van der Waals surface area contributed by atoms with Gasteiger partial charge in [-0.3, -0.25) is 0 Å². The fourth-order valence-corrected chi connectivity index (χ4v) is 3.43. The Balaban J connectivity index is 2.04. The molecule has 2 N–H and O–H groups in total. The monoisotopic (exact) mass is 296 g/mol. The molecule has 0 spiro atoms. The van der Waals surface area contributed by atoms with Crippen LogP contribution in [0.2, 0.25) is 0 Å². The van der Waals surface area contributed by atoms with Gasteiger partial charge < -0.3 is 5.73 Å². The Labute approximate surface area is 121 Å². The summed E-state index contributed by atoms with van der Waals surface area (Å²) in [4.78, 5) is 5.45. The van der Waals surface area contributed by atoms with E-state index in [9.17, 15) is 4.39 Å². The number of anilines is 1. The predicted octanol–water partition coefficient (Wildman–Crippen LogP) is 4.45. The number of halogens is 1. The molecule has 0 fully saturated rings. The SMILES string of the molecule is CC(C)(C)c1nc(CSc2cc(N)cc(F)c2)cs1. The van der Waals surface area contributed by atoms with Crippen LogP contribution in [0.25, 0.3) is 0 Å². The zero-order valence-corrected chi connectivity index (χ0v) is 12.9. The Kier molecular flexibility index (Phi) is 4.16. The van der Waals surface area contributed by atoms with Gasteiger partial charge in [-0.15, -0.1) is 23.1 Å². The molecule has 0 radical (unpaired) electrons. The molecule has 5 heteroatoms. The van der Waals surface area contributed by atoms with Gasteiger partial charge in [0.25, 0.3) is 0 Å². The molecule has 0 aliphatic rings. The smallest absolute Gasteiger partial charge is 0.126 e. The normalized spacial score (nSPS) is 11.8. The maximum Gasteiger partial charge on any atom is 0.126 e. The molecule has 0 unspecified atom stereocenters. The van der Waals surface area contributed by atoms with Crippen LogP contribution in [0.15, 0.2) is 28.5 Å². The van der Waals surface area contributed by atoms with Gasteiger partial charge in [0.05, 0.1) is 10.7 Å². The molecule has 1 heterocycles. The molecule has 0 amide bonds. The highest BCUT2D eigenvalue weighted by Crippen LogP contribution is 2.29. The van der Waals surface area contributed by atoms with E-state index in [4.69, 9.17) is 5.73 Å². The molecule has 102 valence electrons. The number of benzene rings is 1. The first-order valence-electron chi connectivity index (χ1n) is 5.98. The molecule has 0 aliphatic heterocycles. The number of hydrogen-bond acceptors (Lipinski definition) is 4. The van der Waals surface area contributed by atoms with Crippen LogP contribution in [0.5, 0.6) is 0 Å². The lowest BCUT2D eigenvalue weighted by Crippen LogP contribution is -2.10. The summed E-state index contributed by atoms with van der Waals surface area (Å²) in [7, 11) is 0. The molecule has 0 saturated heterocycles. The minimum absolute atomic E-state index is 0.0802. The predicted molar refractivity (Wildman–Crippen MR) is 81.2 cm³/mol. The molecular formula is C14H17FN2S2. The molecule has 1 aromatic heterocycles. The molecule has 19 heavy (non-hydrogen) atoms. The first kappa shape index (κ1) is 14.3. The highest BCUT2D eigenvalue weighted by Gasteiger charge is 2.17. The van der Waals surface area contributed by atoms with E-state index in [2.05, 4.69) is 31.1 Å². The van der Waals surface area contributed by atoms with Gasteiger partial charge in [0.15, 0.2) is 0 Å². The van der Waals surface area contributed by atoms with Crippen LogP contribution in [-0.4, -0.2) is 4.98 Å². The van der Waals surface area contributed by atoms with Crippen LogP contribution in [0.3, 0.4) is 0 Å². The van der Waals surface area contributed by atoms with Crippen molar-refractivity contribution in [2.24, 2.45) is 0 Å². The van der Waals surface area contributed by atoms with Crippen LogP contribution in [0.1, 0.15) is 31.5 Å². The van der Waals surface area contributed by atoms with Gasteiger partial charge in [-0.25, -0.2) is 9.37 Å². The number of thioether (sulfide) groups is 1. The maximum atomic E-state index is 13.2. The summed E-state index contributed by atoms with van der Waals surface area (Å²) in [5, 5.41) is 3.19. The fraction of sp³-hybridized carbons (Fsp3) is 0.357. The Bertz CT molecular complexity index is 553. The number of nitrogens with zero attached hydrogens (tertiary/aromatic N) is 1. The van der Waals surface area contributed by atoms with E-state index in [1.807, 2.05) is 0 Å². The van der Waals surface area contributed by atoms with Gasteiger partial charge in [-0.1, -0.05) is 20.8 Å². The lowest BCUT2D eigenvalue weighted by atomic mass is 9.98. The maximum absolute atomic E-state index is 13.2. The van der Waals surface area contributed by atoms with E-state index >= 15 is 0 Å². The van der Waals surface area contributed by atoms with E-state index in [0.29, 0.717) is 5.69 Å². The molecule has 2 rings (SSSR count). The van der Waals surface area contributed by atoms with E-state index in [1.165, 1.54) is 12.1 Å². The van der Waals surface area contributed by atoms with E-state index in [-0.39, 0.29) is 11.2 Å². The van der Waals surface area contributed by atoms with Gasteiger partial charge in [0, 0.05) is 27.1 Å². The number of thiazole rings is 1. The minimum atomic E-state index is -0.295. The van der Waals surface area contributed by atoms with Gasteiger partial charge in [-0.05, 0) is 18.2 Å². The molecule has 2 nitrogen and oxygen atoms in total. The topological polar surface area (TPSA) is 38.9 Å². The Hall–Kier alpha value is -1.07. The second-order valence-corrected chi connectivity index (χ2v) is 7.31. The summed E-state index contributed by atoms with van der Waals surface area (Å²) in [6, 6.07) is 4.60. The number of nitrogen functional groups attached to an aromatic ring is 1. The first-order valence-corrected chi connectivity index (χ1v) is 7.85. The molecular weight excluding hydrogens is 279 g/mol. The van der Waals surface area contributed by atoms with Crippen molar-refractivity contribution in [3.05, 3.63) is 40.1 Å². The largest absolute Gasteiger partial charge is 0.399 e. The van der Waals surface area contributed by atoms with Crippen LogP contribution in [0.4, 0.5) is 10.1 Å². The quantitative estimate of drug-likeness (QED) is 0.671. The average molecular weight is 296 g/mol. The van der Waals surface area contributed by atoms with Gasteiger partial charge in [0.1, 0.15) is 5.82 Å². The number of rotatable bonds is 3. The molecule has 1 aromatic carbocycles. The minimum Gasteiger partial charge on any atom is -0.399 e. The summed E-state index contributed by atoms with van der Waals surface area (Å²) < 4.78 is 13.2. The third-order valence-electron chi connectivity index (χ3n) is 2.47. The summed E-state index contributed by atoms with van der Waals surface area (Å²) in [6.45, 7) is 6.45. The Morgan fingerprint density at radius 2 is 2.05 bits per heavy atom. The molecule has 0 atom stereocenters. The molecule has 0 saturated carbocycles. The zero-order chi connectivity index (χ0) is 14.0. The van der Waals surface area contributed by atoms with Crippen LogP contribution < -0.4 is 5.73 Å². The summed E-state index contributed by atoms with van der Waals surface area (Å²) in [5.41, 5.74) is 7.19. The van der Waals surface area contributed by atoms with Crippen LogP contribution in [-0.2, 0) is 11.2 Å². The standard InChI is InChI=1S/C14H17FN2S2/c1-14(2,3)13-17-11(8-19-13)7-18-12-5-9(15)4-10(16)6-12/h4-6,8H,7,16H2,1-3H3. The zero-order valence-electron chi connectivity index (χ0n) is 11.2. The fourth-order valence-electron chi connectivity index (χ4n) is 1.54. The summed E-state index contributed by atoms with van der Waals surface area (Å²) >= 11 is 3.22. The molecule has 0 aliphatic carbocycles. The van der Waals surface area contributed by atoms with Crippen molar-refractivity contribution >= 4 is 28.8 Å². The third-order valence-corrected chi connectivity index (χ3v) is 4.80. The second kappa shape index (κ2) is 5.51. The lowest BCUT2D eigenvalue weighted by Gasteiger charge is -2.13. The first-order chi connectivity index (χ1) is 8.84. The van der Waals surface area contributed by atoms with Crippen LogP contribution in [0, 0.1) is 5.82 Å². The van der Waals surface area contributed by atoms with E-state index in [1.54, 1.807) is 29.2 Å². The highest BCUT2D eigenvalue weighted by atomic mass is 32.2.